The Labute approximate surface area is 142 Å². The van der Waals surface area contributed by atoms with Crippen LogP contribution in [0, 0.1) is 6.92 Å². The van der Waals surface area contributed by atoms with Crippen LogP contribution in [0.15, 0.2) is 48.8 Å². The van der Waals surface area contributed by atoms with E-state index in [-0.39, 0.29) is 11.8 Å². The van der Waals surface area contributed by atoms with Crippen LogP contribution in [-0.4, -0.2) is 35.9 Å². The minimum absolute atomic E-state index is 0.112. The van der Waals surface area contributed by atoms with Gasteiger partial charge in [-0.2, -0.15) is 0 Å². The molecule has 0 bridgehead atoms. The lowest BCUT2D eigenvalue weighted by Gasteiger charge is -2.14. The first-order chi connectivity index (χ1) is 11.3. The zero-order valence-electron chi connectivity index (χ0n) is 14.0. The van der Waals surface area contributed by atoms with E-state index in [1.807, 2.05) is 67.0 Å². The maximum absolute atomic E-state index is 11.3. The Morgan fingerprint density at radius 1 is 1.21 bits per heavy atom. The Hall–Kier alpha value is -2.34. The standard InChI is InChI=1S/C18H21N3O2S/c1-13-5-4-10-21-11-17(20-18(13)21)15-6-8-16(9-7-15)19-14(2)12-24(3,22)23/h4-11,14,19H,12H2,1-3H3. The Kier molecular flexibility index (Phi) is 4.32. The Bertz CT molecular complexity index is 960. The van der Waals surface area contributed by atoms with E-state index in [9.17, 15) is 8.42 Å². The molecule has 0 aliphatic rings. The van der Waals surface area contributed by atoms with Crippen molar-refractivity contribution in [3.05, 3.63) is 54.4 Å². The van der Waals surface area contributed by atoms with Crippen molar-refractivity contribution in [2.45, 2.75) is 19.9 Å². The van der Waals surface area contributed by atoms with Gasteiger partial charge in [0.2, 0.25) is 0 Å². The quantitative estimate of drug-likeness (QED) is 0.773. The first-order valence-electron chi connectivity index (χ1n) is 7.81. The molecule has 1 atom stereocenters. The van der Waals surface area contributed by atoms with Crippen molar-refractivity contribution in [2.75, 3.05) is 17.3 Å². The highest BCUT2D eigenvalue weighted by atomic mass is 32.2. The largest absolute Gasteiger partial charge is 0.382 e. The first kappa shape index (κ1) is 16.5. The van der Waals surface area contributed by atoms with E-state index >= 15 is 0 Å². The first-order valence-corrected chi connectivity index (χ1v) is 9.87. The van der Waals surface area contributed by atoms with E-state index in [1.54, 1.807) is 0 Å². The van der Waals surface area contributed by atoms with Crippen molar-refractivity contribution < 1.29 is 8.42 Å². The molecule has 2 heterocycles. The van der Waals surface area contributed by atoms with Gasteiger partial charge in [0, 0.05) is 35.9 Å². The molecule has 1 unspecified atom stereocenters. The van der Waals surface area contributed by atoms with E-state index in [2.05, 4.69) is 10.3 Å². The van der Waals surface area contributed by atoms with Gasteiger partial charge in [0.1, 0.15) is 15.5 Å². The molecule has 0 aliphatic heterocycles. The van der Waals surface area contributed by atoms with Crippen LogP contribution in [0.25, 0.3) is 16.9 Å². The van der Waals surface area contributed by atoms with E-state index in [0.29, 0.717) is 0 Å². The molecule has 3 rings (SSSR count). The van der Waals surface area contributed by atoms with Gasteiger partial charge in [-0.1, -0.05) is 18.2 Å². The lowest BCUT2D eigenvalue weighted by Crippen LogP contribution is -2.24. The monoisotopic (exact) mass is 343 g/mol. The number of pyridine rings is 1. The summed E-state index contributed by atoms with van der Waals surface area (Å²) in [5.74, 6) is 0.112. The number of hydrogen-bond donors (Lipinski definition) is 1. The Morgan fingerprint density at radius 2 is 1.92 bits per heavy atom. The lowest BCUT2D eigenvalue weighted by molar-refractivity contribution is 0.598. The summed E-state index contributed by atoms with van der Waals surface area (Å²) < 4.78 is 24.7. The number of rotatable bonds is 5. The Balaban J connectivity index is 1.79. The fourth-order valence-electron chi connectivity index (χ4n) is 2.81. The smallest absolute Gasteiger partial charge is 0.149 e. The summed E-state index contributed by atoms with van der Waals surface area (Å²) in [5, 5.41) is 3.21. The second-order valence-electron chi connectivity index (χ2n) is 6.26. The minimum Gasteiger partial charge on any atom is -0.382 e. The number of imidazole rings is 1. The van der Waals surface area contributed by atoms with Gasteiger partial charge in [0.05, 0.1) is 11.4 Å². The molecule has 1 N–H and O–H groups in total. The third-order valence-corrected chi connectivity index (χ3v) is 4.93. The number of sulfone groups is 1. The molecule has 1 aromatic carbocycles. The van der Waals surface area contributed by atoms with Gasteiger partial charge < -0.3 is 9.72 Å². The molecule has 3 aromatic rings. The number of nitrogens with zero attached hydrogens (tertiary/aromatic N) is 2. The molecule has 6 heteroatoms. The molecule has 0 saturated heterocycles. The maximum Gasteiger partial charge on any atom is 0.149 e. The van der Waals surface area contributed by atoms with Gasteiger partial charge >= 0.3 is 0 Å². The van der Waals surface area contributed by atoms with Crippen molar-refractivity contribution in [1.29, 1.82) is 0 Å². The van der Waals surface area contributed by atoms with Gasteiger partial charge in [0.25, 0.3) is 0 Å². The van der Waals surface area contributed by atoms with Crippen molar-refractivity contribution in [1.82, 2.24) is 9.38 Å². The SMILES string of the molecule is Cc1cccn2cc(-c3ccc(NC(C)CS(C)(=O)=O)cc3)nc12. The molecule has 126 valence electrons. The van der Waals surface area contributed by atoms with Crippen LogP contribution in [0.1, 0.15) is 12.5 Å². The van der Waals surface area contributed by atoms with Crippen LogP contribution in [0.5, 0.6) is 0 Å². The van der Waals surface area contributed by atoms with Crippen molar-refractivity contribution in [3.8, 4) is 11.3 Å². The number of fused-ring (bicyclic) bond motifs is 1. The average molecular weight is 343 g/mol. The fraction of sp³-hybridized carbons (Fsp3) is 0.278. The predicted molar refractivity (Wildman–Crippen MR) is 98.2 cm³/mol. The second kappa shape index (κ2) is 6.28. The maximum atomic E-state index is 11.3. The molecule has 5 nitrogen and oxygen atoms in total. The second-order valence-corrected chi connectivity index (χ2v) is 8.45. The van der Waals surface area contributed by atoms with Crippen LogP contribution in [0.2, 0.25) is 0 Å². The summed E-state index contributed by atoms with van der Waals surface area (Å²) >= 11 is 0. The van der Waals surface area contributed by atoms with Crippen LogP contribution < -0.4 is 5.32 Å². The molecular formula is C18H21N3O2S. The fourth-order valence-corrected chi connectivity index (χ4v) is 3.80. The normalized spacial score (nSPS) is 13.1. The minimum atomic E-state index is -2.99. The summed E-state index contributed by atoms with van der Waals surface area (Å²) in [5.41, 5.74) is 4.93. The molecule has 2 aromatic heterocycles. The van der Waals surface area contributed by atoms with Crippen LogP contribution in [-0.2, 0) is 9.84 Å². The van der Waals surface area contributed by atoms with E-state index in [1.165, 1.54) is 6.26 Å². The number of nitrogens with one attached hydrogen (secondary N) is 1. The van der Waals surface area contributed by atoms with Crippen LogP contribution in [0.4, 0.5) is 5.69 Å². The van der Waals surface area contributed by atoms with Crippen molar-refractivity contribution >= 4 is 21.2 Å². The highest BCUT2D eigenvalue weighted by Gasteiger charge is 2.11. The zero-order chi connectivity index (χ0) is 17.3. The number of hydrogen-bond acceptors (Lipinski definition) is 4. The highest BCUT2D eigenvalue weighted by Crippen LogP contribution is 2.22. The van der Waals surface area contributed by atoms with Gasteiger partial charge in [-0.15, -0.1) is 0 Å². The average Bonchev–Trinajstić information content (AvgIpc) is 2.91. The van der Waals surface area contributed by atoms with Crippen molar-refractivity contribution in [2.24, 2.45) is 0 Å². The third kappa shape index (κ3) is 3.76. The highest BCUT2D eigenvalue weighted by molar-refractivity contribution is 7.90. The molecule has 0 spiro atoms. The topological polar surface area (TPSA) is 63.5 Å². The van der Waals surface area contributed by atoms with Gasteiger partial charge in [-0.25, -0.2) is 13.4 Å². The van der Waals surface area contributed by atoms with E-state index < -0.39 is 9.84 Å². The third-order valence-electron chi connectivity index (χ3n) is 3.82. The van der Waals surface area contributed by atoms with E-state index in [0.717, 1.165) is 28.2 Å². The molecule has 0 saturated carbocycles. The van der Waals surface area contributed by atoms with Gasteiger partial charge in [-0.05, 0) is 37.6 Å². The number of benzene rings is 1. The summed E-state index contributed by atoms with van der Waals surface area (Å²) in [6.07, 6.45) is 5.25. The molecule has 0 radical (unpaired) electrons. The zero-order valence-corrected chi connectivity index (χ0v) is 14.8. The van der Waals surface area contributed by atoms with Crippen LogP contribution >= 0.6 is 0 Å². The number of anilines is 1. The molecular weight excluding hydrogens is 322 g/mol. The van der Waals surface area contributed by atoms with Crippen LogP contribution in [0.3, 0.4) is 0 Å². The number of aryl methyl sites for hydroxylation is 1. The molecule has 24 heavy (non-hydrogen) atoms. The number of aromatic nitrogens is 2. The molecule has 0 amide bonds. The van der Waals surface area contributed by atoms with E-state index in [4.69, 9.17) is 0 Å². The predicted octanol–water partition coefficient (Wildman–Crippen LogP) is 3.15. The van der Waals surface area contributed by atoms with Crippen molar-refractivity contribution in [3.63, 3.8) is 0 Å². The summed E-state index contributed by atoms with van der Waals surface area (Å²) in [7, 11) is -2.99. The summed E-state index contributed by atoms with van der Waals surface area (Å²) in [6, 6.07) is 11.8. The molecule has 0 fully saturated rings. The van der Waals surface area contributed by atoms with Gasteiger partial charge in [-0.3, -0.25) is 0 Å². The Morgan fingerprint density at radius 3 is 2.54 bits per heavy atom. The molecule has 0 aliphatic carbocycles. The summed E-state index contributed by atoms with van der Waals surface area (Å²) in [4.78, 5) is 4.68. The summed E-state index contributed by atoms with van der Waals surface area (Å²) in [6.45, 7) is 3.90. The van der Waals surface area contributed by atoms with Gasteiger partial charge in [0.15, 0.2) is 0 Å². The lowest BCUT2D eigenvalue weighted by atomic mass is 10.1.